The van der Waals surface area contributed by atoms with Gasteiger partial charge >= 0.3 is 0 Å². The first-order valence-electron chi connectivity index (χ1n) is 5.39. The van der Waals surface area contributed by atoms with Crippen molar-refractivity contribution in [2.75, 3.05) is 6.61 Å². The first-order valence-corrected chi connectivity index (χ1v) is 5.39. The lowest BCUT2D eigenvalue weighted by Crippen LogP contribution is -1.92. The highest BCUT2D eigenvalue weighted by Gasteiger charge is 2.06. The fourth-order valence-corrected chi connectivity index (χ4v) is 1.51. The maximum atomic E-state index is 10.3. The van der Waals surface area contributed by atoms with Crippen molar-refractivity contribution in [3.05, 3.63) is 54.4 Å². The third-order valence-corrected chi connectivity index (χ3v) is 2.32. The number of para-hydroxylation sites is 1. The van der Waals surface area contributed by atoms with E-state index < -0.39 is 0 Å². The Hall–Kier alpha value is -2.16. The molecule has 0 saturated heterocycles. The molecule has 0 unspecified atom stereocenters. The maximum Gasteiger partial charge on any atom is 0.196 e. The van der Waals surface area contributed by atoms with Crippen LogP contribution in [0.3, 0.4) is 0 Å². The van der Waals surface area contributed by atoms with Gasteiger partial charge in [0, 0.05) is 17.7 Å². The number of nitrogens with zero attached hydrogens (tertiary/aromatic N) is 1. The average molecular weight is 227 g/mol. The topological polar surface area (TPSA) is 39.2 Å². The SMILES string of the molecule is CC1=CC(=O)CO1.c1ccc2ncccc2c1. The van der Waals surface area contributed by atoms with Crippen molar-refractivity contribution in [2.24, 2.45) is 0 Å². The lowest BCUT2D eigenvalue weighted by molar-refractivity contribution is -0.115. The third-order valence-electron chi connectivity index (χ3n) is 2.32. The van der Waals surface area contributed by atoms with E-state index in [0.717, 1.165) is 11.3 Å². The zero-order valence-corrected chi connectivity index (χ0v) is 9.59. The molecule has 0 amide bonds. The number of allylic oxidation sites excluding steroid dienone is 1. The molecule has 1 aliphatic heterocycles. The molecule has 3 heteroatoms. The molecular weight excluding hydrogens is 214 g/mol. The molecule has 2 aromatic rings. The number of carbonyl (C=O) groups is 1. The molecular formula is C14H13NO2. The minimum Gasteiger partial charge on any atom is -0.490 e. The number of aromatic nitrogens is 1. The first-order chi connectivity index (χ1) is 8.25. The van der Waals surface area contributed by atoms with E-state index in [-0.39, 0.29) is 12.4 Å². The molecule has 3 nitrogen and oxygen atoms in total. The summed E-state index contributed by atoms with van der Waals surface area (Å²) in [6.07, 6.45) is 3.31. The number of ether oxygens (including phenoxy) is 1. The Labute approximate surface area is 99.7 Å². The van der Waals surface area contributed by atoms with Crippen molar-refractivity contribution in [3.63, 3.8) is 0 Å². The van der Waals surface area contributed by atoms with Crippen LogP contribution in [0.1, 0.15) is 6.92 Å². The minimum absolute atomic E-state index is 0.0671. The highest BCUT2D eigenvalue weighted by molar-refractivity contribution is 5.92. The van der Waals surface area contributed by atoms with E-state index in [1.54, 1.807) is 6.92 Å². The molecule has 1 aromatic carbocycles. The fraction of sp³-hybridized carbons (Fsp3) is 0.143. The normalized spacial score (nSPS) is 13.7. The summed E-state index contributed by atoms with van der Waals surface area (Å²) in [5, 5.41) is 1.20. The van der Waals surface area contributed by atoms with Crippen LogP contribution in [0.25, 0.3) is 10.9 Å². The fourth-order valence-electron chi connectivity index (χ4n) is 1.51. The first kappa shape index (κ1) is 11.3. The highest BCUT2D eigenvalue weighted by atomic mass is 16.5. The number of hydrogen-bond donors (Lipinski definition) is 0. The van der Waals surface area contributed by atoms with Gasteiger partial charge < -0.3 is 4.74 Å². The van der Waals surface area contributed by atoms with Crippen molar-refractivity contribution in [3.8, 4) is 0 Å². The van der Waals surface area contributed by atoms with E-state index in [0.29, 0.717) is 0 Å². The predicted octanol–water partition coefficient (Wildman–Crippen LogP) is 2.72. The monoisotopic (exact) mass is 227 g/mol. The van der Waals surface area contributed by atoms with Gasteiger partial charge in [-0.3, -0.25) is 9.78 Å². The summed E-state index contributed by atoms with van der Waals surface area (Å²) in [5.74, 6) is 0.794. The summed E-state index contributed by atoms with van der Waals surface area (Å²) < 4.78 is 4.78. The molecule has 0 N–H and O–H groups in total. The van der Waals surface area contributed by atoms with Crippen molar-refractivity contribution >= 4 is 16.7 Å². The second kappa shape index (κ2) is 5.25. The van der Waals surface area contributed by atoms with Crippen LogP contribution in [0.2, 0.25) is 0 Å². The standard InChI is InChI=1S/C9H7N.C5H6O2/c1-2-6-9-8(4-1)5-3-7-10-9;1-4-2-5(6)3-7-4/h1-7H;2H,3H2,1H3. The van der Waals surface area contributed by atoms with E-state index >= 15 is 0 Å². The molecule has 0 atom stereocenters. The van der Waals surface area contributed by atoms with Crippen LogP contribution in [-0.2, 0) is 9.53 Å². The summed E-state index contributed by atoms with van der Waals surface area (Å²) >= 11 is 0. The van der Waals surface area contributed by atoms with Crippen LogP contribution < -0.4 is 0 Å². The summed E-state index contributed by atoms with van der Waals surface area (Å²) in [6.45, 7) is 2.01. The Morgan fingerprint density at radius 1 is 1.18 bits per heavy atom. The Morgan fingerprint density at radius 2 is 1.94 bits per heavy atom. The van der Waals surface area contributed by atoms with Gasteiger partial charge in [0.05, 0.1) is 11.3 Å². The molecule has 1 aromatic heterocycles. The Bertz CT molecular complexity index is 495. The van der Waals surface area contributed by atoms with Crippen molar-refractivity contribution in [1.29, 1.82) is 0 Å². The molecule has 1 aliphatic rings. The Morgan fingerprint density at radius 3 is 2.53 bits per heavy atom. The number of rotatable bonds is 0. The lowest BCUT2D eigenvalue weighted by atomic mass is 10.2. The highest BCUT2D eigenvalue weighted by Crippen LogP contribution is 2.07. The molecule has 0 spiro atoms. The largest absolute Gasteiger partial charge is 0.490 e. The van der Waals surface area contributed by atoms with E-state index in [4.69, 9.17) is 4.74 Å². The minimum atomic E-state index is 0.0671. The number of pyridine rings is 1. The van der Waals surface area contributed by atoms with Gasteiger partial charge in [-0.2, -0.15) is 0 Å². The summed E-state index contributed by atoms with van der Waals surface area (Å²) in [4.78, 5) is 14.4. The molecule has 0 aliphatic carbocycles. The molecule has 3 rings (SSSR count). The second-order valence-corrected chi connectivity index (χ2v) is 3.71. The van der Waals surface area contributed by atoms with Gasteiger partial charge in [-0.1, -0.05) is 24.3 Å². The van der Waals surface area contributed by atoms with Crippen LogP contribution >= 0.6 is 0 Å². The summed E-state index contributed by atoms with van der Waals surface area (Å²) in [5.41, 5.74) is 1.06. The summed E-state index contributed by atoms with van der Waals surface area (Å²) in [6, 6.07) is 12.1. The average Bonchev–Trinajstić information content (AvgIpc) is 2.74. The molecule has 0 fully saturated rings. The zero-order chi connectivity index (χ0) is 12.1. The van der Waals surface area contributed by atoms with Crippen LogP contribution in [0.15, 0.2) is 54.4 Å². The Kier molecular flexibility index (Phi) is 3.50. The van der Waals surface area contributed by atoms with E-state index in [1.807, 2.05) is 30.5 Å². The summed E-state index contributed by atoms with van der Waals surface area (Å²) in [7, 11) is 0. The lowest BCUT2D eigenvalue weighted by Gasteiger charge is -1.91. The van der Waals surface area contributed by atoms with Gasteiger partial charge in [0.25, 0.3) is 0 Å². The smallest absolute Gasteiger partial charge is 0.196 e. The van der Waals surface area contributed by atoms with Crippen LogP contribution in [0.4, 0.5) is 0 Å². The molecule has 0 saturated carbocycles. The van der Waals surface area contributed by atoms with E-state index in [1.165, 1.54) is 11.5 Å². The zero-order valence-electron chi connectivity index (χ0n) is 9.59. The van der Waals surface area contributed by atoms with Crippen LogP contribution in [0, 0.1) is 0 Å². The number of ketones is 1. The predicted molar refractivity (Wildman–Crippen MR) is 66.5 cm³/mol. The van der Waals surface area contributed by atoms with E-state index in [2.05, 4.69) is 17.1 Å². The number of carbonyl (C=O) groups excluding carboxylic acids is 1. The molecule has 17 heavy (non-hydrogen) atoms. The van der Waals surface area contributed by atoms with Gasteiger partial charge in [-0.15, -0.1) is 0 Å². The van der Waals surface area contributed by atoms with Gasteiger partial charge in [0.2, 0.25) is 0 Å². The van der Waals surface area contributed by atoms with Gasteiger partial charge in [0.15, 0.2) is 12.4 Å². The van der Waals surface area contributed by atoms with Crippen LogP contribution in [0.5, 0.6) is 0 Å². The number of benzene rings is 1. The van der Waals surface area contributed by atoms with Crippen LogP contribution in [-0.4, -0.2) is 17.4 Å². The van der Waals surface area contributed by atoms with Gasteiger partial charge in [0.1, 0.15) is 0 Å². The quantitative estimate of drug-likeness (QED) is 0.694. The number of fused-ring (bicyclic) bond motifs is 1. The second-order valence-electron chi connectivity index (χ2n) is 3.71. The number of hydrogen-bond acceptors (Lipinski definition) is 3. The molecule has 0 bridgehead atoms. The van der Waals surface area contributed by atoms with E-state index in [9.17, 15) is 4.79 Å². The van der Waals surface area contributed by atoms with Crippen molar-refractivity contribution in [1.82, 2.24) is 4.98 Å². The van der Waals surface area contributed by atoms with Gasteiger partial charge in [-0.25, -0.2) is 0 Å². The molecule has 2 heterocycles. The maximum absolute atomic E-state index is 10.3. The van der Waals surface area contributed by atoms with Crippen molar-refractivity contribution in [2.45, 2.75) is 6.92 Å². The van der Waals surface area contributed by atoms with Crippen molar-refractivity contribution < 1.29 is 9.53 Å². The van der Waals surface area contributed by atoms with Gasteiger partial charge in [-0.05, 0) is 19.1 Å². The third kappa shape index (κ3) is 3.14. The Balaban J connectivity index is 0.000000136. The molecule has 0 radical (unpaired) electrons. The molecule has 86 valence electrons.